The molecule has 2 atom stereocenters. The van der Waals surface area contributed by atoms with Crippen molar-refractivity contribution < 1.29 is 23.9 Å². The molecule has 4 rings (SSSR count). The third-order valence-electron chi connectivity index (χ3n) is 5.24. The van der Waals surface area contributed by atoms with Crippen molar-refractivity contribution in [1.29, 1.82) is 0 Å². The minimum atomic E-state index is -0.548. The summed E-state index contributed by atoms with van der Waals surface area (Å²) in [6.45, 7) is 4.29. The van der Waals surface area contributed by atoms with Crippen LogP contribution >= 0.6 is 0 Å². The summed E-state index contributed by atoms with van der Waals surface area (Å²) in [6.07, 6.45) is 0.832. The van der Waals surface area contributed by atoms with Gasteiger partial charge in [-0.2, -0.15) is 0 Å². The van der Waals surface area contributed by atoms with E-state index >= 15 is 0 Å². The molecule has 8 heteroatoms. The molecule has 1 aromatic carbocycles. The Balaban J connectivity index is 1.39. The van der Waals surface area contributed by atoms with Gasteiger partial charge in [-0.05, 0) is 38.0 Å². The molecule has 3 aliphatic rings. The standard InChI is InChI=1S/C19H23N3O5/c1-12-17(23)20-14-11-13(4-5-15(14)27-12)18(24)21-6-8-22(9-7-21)19(25)16-3-2-10-26-16/h4-5,11-12,16H,2-3,6-10H2,1H3,(H,20,23). The second-order valence-corrected chi connectivity index (χ2v) is 7.08. The molecule has 0 aromatic heterocycles. The molecule has 3 amide bonds. The van der Waals surface area contributed by atoms with Crippen LogP contribution in [0.5, 0.6) is 5.75 Å². The van der Waals surface area contributed by atoms with Gasteiger partial charge in [-0.1, -0.05) is 0 Å². The monoisotopic (exact) mass is 373 g/mol. The molecular formula is C19H23N3O5. The number of anilines is 1. The molecule has 2 saturated heterocycles. The van der Waals surface area contributed by atoms with Crippen LogP contribution in [0.25, 0.3) is 0 Å². The van der Waals surface area contributed by atoms with Crippen LogP contribution in [-0.2, 0) is 14.3 Å². The van der Waals surface area contributed by atoms with E-state index in [0.29, 0.717) is 49.8 Å². The van der Waals surface area contributed by atoms with Gasteiger partial charge in [0.1, 0.15) is 11.9 Å². The Bertz CT molecular complexity index is 767. The van der Waals surface area contributed by atoms with Crippen LogP contribution in [0, 0.1) is 0 Å². The summed E-state index contributed by atoms with van der Waals surface area (Å²) in [4.78, 5) is 40.5. The second kappa shape index (κ2) is 7.19. The van der Waals surface area contributed by atoms with Crippen LogP contribution < -0.4 is 10.1 Å². The van der Waals surface area contributed by atoms with E-state index in [1.165, 1.54) is 0 Å². The van der Waals surface area contributed by atoms with Crippen molar-refractivity contribution >= 4 is 23.4 Å². The third kappa shape index (κ3) is 3.49. The van der Waals surface area contributed by atoms with Gasteiger partial charge in [-0.25, -0.2) is 0 Å². The Morgan fingerprint density at radius 3 is 2.59 bits per heavy atom. The number of ether oxygens (including phenoxy) is 2. The molecule has 0 saturated carbocycles. The van der Waals surface area contributed by atoms with E-state index in [2.05, 4.69) is 5.32 Å². The highest BCUT2D eigenvalue weighted by Crippen LogP contribution is 2.31. The van der Waals surface area contributed by atoms with E-state index in [-0.39, 0.29) is 23.8 Å². The predicted octanol–water partition coefficient (Wildman–Crippen LogP) is 0.869. The Morgan fingerprint density at radius 1 is 1.15 bits per heavy atom. The number of carbonyl (C=O) groups is 3. The SMILES string of the molecule is CC1Oc2ccc(C(=O)N3CCN(C(=O)C4CCCO4)CC3)cc2NC1=O. The summed E-state index contributed by atoms with van der Waals surface area (Å²) in [7, 11) is 0. The maximum atomic E-state index is 12.8. The lowest BCUT2D eigenvalue weighted by molar-refractivity contribution is -0.142. The van der Waals surface area contributed by atoms with E-state index in [4.69, 9.17) is 9.47 Å². The molecule has 3 aliphatic heterocycles. The van der Waals surface area contributed by atoms with Gasteiger partial charge in [0.05, 0.1) is 5.69 Å². The molecule has 0 bridgehead atoms. The fourth-order valence-electron chi connectivity index (χ4n) is 3.63. The van der Waals surface area contributed by atoms with Crippen molar-refractivity contribution in [1.82, 2.24) is 9.80 Å². The zero-order valence-electron chi connectivity index (χ0n) is 15.3. The maximum absolute atomic E-state index is 12.8. The van der Waals surface area contributed by atoms with Gasteiger partial charge in [0.2, 0.25) is 0 Å². The number of fused-ring (bicyclic) bond motifs is 1. The number of amides is 3. The van der Waals surface area contributed by atoms with Gasteiger partial charge in [0.25, 0.3) is 17.7 Å². The average molecular weight is 373 g/mol. The summed E-state index contributed by atoms with van der Waals surface area (Å²) in [5.41, 5.74) is 1.00. The fraction of sp³-hybridized carbons (Fsp3) is 0.526. The van der Waals surface area contributed by atoms with Crippen molar-refractivity contribution in [3.63, 3.8) is 0 Å². The predicted molar refractivity (Wildman–Crippen MR) is 96.6 cm³/mol. The Labute approximate surface area is 157 Å². The summed E-state index contributed by atoms with van der Waals surface area (Å²) in [5.74, 6) is 0.247. The first-order valence-corrected chi connectivity index (χ1v) is 9.34. The highest BCUT2D eigenvalue weighted by atomic mass is 16.5. The first-order valence-electron chi connectivity index (χ1n) is 9.34. The highest BCUT2D eigenvalue weighted by molar-refractivity contribution is 6.01. The summed E-state index contributed by atoms with van der Waals surface area (Å²) >= 11 is 0. The normalized spacial score (nSPS) is 24.9. The number of piperazine rings is 1. The first-order chi connectivity index (χ1) is 13.0. The van der Waals surface area contributed by atoms with Crippen molar-refractivity contribution in [3.05, 3.63) is 23.8 Å². The molecule has 144 valence electrons. The smallest absolute Gasteiger partial charge is 0.265 e. The van der Waals surface area contributed by atoms with Gasteiger partial charge >= 0.3 is 0 Å². The molecule has 1 N–H and O–H groups in total. The van der Waals surface area contributed by atoms with Crippen LogP contribution in [0.1, 0.15) is 30.1 Å². The number of hydrogen-bond donors (Lipinski definition) is 1. The zero-order valence-corrected chi connectivity index (χ0v) is 15.3. The maximum Gasteiger partial charge on any atom is 0.265 e. The Kier molecular flexibility index (Phi) is 4.73. The lowest BCUT2D eigenvalue weighted by atomic mass is 10.1. The molecule has 0 spiro atoms. The minimum Gasteiger partial charge on any atom is -0.479 e. The summed E-state index contributed by atoms with van der Waals surface area (Å²) < 4.78 is 11.0. The van der Waals surface area contributed by atoms with Crippen molar-refractivity contribution in [2.45, 2.75) is 32.0 Å². The van der Waals surface area contributed by atoms with Gasteiger partial charge in [-0.3, -0.25) is 14.4 Å². The number of benzene rings is 1. The largest absolute Gasteiger partial charge is 0.479 e. The number of nitrogens with zero attached hydrogens (tertiary/aromatic N) is 2. The molecule has 2 fully saturated rings. The van der Waals surface area contributed by atoms with Gasteiger partial charge < -0.3 is 24.6 Å². The fourth-order valence-corrected chi connectivity index (χ4v) is 3.63. The summed E-state index contributed by atoms with van der Waals surface area (Å²) in [6, 6.07) is 5.05. The number of rotatable bonds is 2. The van der Waals surface area contributed by atoms with Crippen molar-refractivity contribution in [3.8, 4) is 5.75 Å². The van der Waals surface area contributed by atoms with Crippen LogP contribution in [0.15, 0.2) is 18.2 Å². The van der Waals surface area contributed by atoms with Crippen molar-refractivity contribution in [2.75, 3.05) is 38.1 Å². The van der Waals surface area contributed by atoms with Gasteiger partial charge in [-0.15, -0.1) is 0 Å². The molecule has 8 nitrogen and oxygen atoms in total. The molecule has 27 heavy (non-hydrogen) atoms. The molecule has 3 heterocycles. The molecule has 0 aliphatic carbocycles. The minimum absolute atomic E-state index is 0.0300. The number of nitrogens with one attached hydrogen (secondary N) is 1. The topological polar surface area (TPSA) is 88.2 Å². The average Bonchev–Trinajstić information content (AvgIpc) is 3.22. The molecular weight excluding hydrogens is 350 g/mol. The second-order valence-electron chi connectivity index (χ2n) is 7.08. The molecule has 1 aromatic rings. The van der Waals surface area contributed by atoms with E-state index < -0.39 is 6.10 Å². The zero-order chi connectivity index (χ0) is 19.0. The Morgan fingerprint density at radius 2 is 1.89 bits per heavy atom. The van der Waals surface area contributed by atoms with Crippen molar-refractivity contribution in [2.24, 2.45) is 0 Å². The van der Waals surface area contributed by atoms with Crippen LogP contribution in [0.2, 0.25) is 0 Å². The number of carbonyl (C=O) groups excluding carboxylic acids is 3. The first kappa shape index (κ1) is 17.8. The van der Waals surface area contributed by atoms with Gasteiger partial charge in [0.15, 0.2) is 6.10 Å². The van der Waals surface area contributed by atoms with E-state index in [0.717, 1.165) is 12.8 Å². The van der Waals surface area contributed by atoms with E-state index in [1.807, 2.05) is 0 Å². The summed E-state index contributed by atoms with van der Waals surface area (Å²) in [5, 5.41) is 2.76. The Hall–Kier alpha value is -2.61. The van der Waals surface area contributed by atoms with E-state index in [1.54, 1.807) is 34.9 Å². The quantitative estimate of drug-likeness (QED) is 0.831. The van der Waals surface area contributed by atoms with Crippen LogP contribution in [0.4, 0.5) is 5.69 Å². The highest BCUT2D eigenvalue weighted by Gasteiger charge is 2.32. The lowest BCUT2D eigenvalue weighted by Crippen LogP contribution is -2.52. The lowest BCUT2D eigenvalue weighted by Gasteiger charge is -2.36. The van der Waals surface area contributed by atoms with Crippen LogP contribution in [-0.4, -0.2) is 72.5 Å². The molecule has 2 unspecified atom stereocenters. The van der Waals surface area contributed by atoms with Crippen LogP contribution in [0.3, 0.4) is 0 Å². The number of hydrogen-bond acceptors (Lipinski definition) is 5. The van der Waals surface area contributed by atoms with E-state index in [9.17, 15) is 14.4 Å². The van der Waals surface area contributed by atoms with Gasteiger partial charge in [0, 0.05) is 38.3 Å². The third-order valence-corrected chi connectivity index (χ3v) is 5.24. The molecule has 0 radical (unpaired) electrons.